The van der Waals surface area contributed by atoms with Gasteiger partial charge in [0, 0.05) is 20.3 Å². The number of carbonyl (C=O) groups excluding carboxylic acids is 2. The first-order valence-electron chi connectivity index (χ1n) is 6.66. The van der Waals surface area contributed by atoms with Crippen LogP contribution in [-0.2, 0) is 0 Å². The van der Waals surface area contributed by atoms with Crippen molar-refractivity contribution in [3.8, 4) is 11.8 Å². The maximum atomic E-state index is 12.7. The minimum atomic E-state index is -0.541. The van der Waals surface area contributed by atoms with E-state index in [-0.39, 0.29) is 34.7 Å². The molecule has 0 unspecified atom stereocenters. The van der Waals surface area contributed by atoms with Crippen molar-refractivity contribution in [3.63, 3.8) is 0 Å². The molecule has 0 bridgehead atoms. The Labute approximate surface area is 133 Å². The fraction of sp³-hybridized carbons (Fsp3) is 0.267. The van der Waals surface area contributed by atoms with Crippen molar-refractivity contribution in [3.05, 3.63) is 41.5 Å². The SMILES string of the molecule is COc1cc(OC)nc(C(=O)c2cccnc2C(=O)N(C)C)n1. The third-order valence-corrected chi connectivity index (χ3v) is 2.96. The van der Waals surface area contributed by atoms with Gasteiger partial charge in [0.1, 0.15) is 5.69 Å². The van der Waals surface area contributed by atoms with Gasteiger partial charge in [-0.2, -0.15) is 9.97 Å². The molecule has 8 nitrogen and oxygen atoms in total. The topological polar surface area (TPSA) is 94.5 Å². The van der Waals surface area contributed by atoms with Crippen LogP contribution in [0.2, 0.25) is 0 Å². The number of amides is 1. The maximum Gasteiger partial charge on any atom is 0.272 e. The van der Waals surface area contributed by atoms with E-state index in [1.165, 1.54) is 37.4 Å². The predicted octanol–water partition coefficient (Wildman–Crippen LogP) is 0.822. The molecule has 0 atom stereocenters. The number of hydrogen-bond donors (Lipinski definition) is 0. The Morgan fingerprint density at radius 3 is 2.22 bits per heavy atom. The summed E-state index contributed by atoms with van der Waals surface area (Å²) < 4.78 is 10.1. The van der Waals surface area contributed by atoms with Crippen LogP contribution < -0.4 is 9.47 Å². The number of pyridine rings is 1. The molecule has 23 heavy (non-hydrogen) atoms. The molecule has 0 spiro atoms. The number of rotatable bonds is 5. The summed E-state index contributed by atoms with van der Waals surface area (Å²) in [5.74, 6) is -0.694. The quantitative estimate of drug-likeness (QED) is 0.754. The average Bonchev–Trinajstić information content (AvgIpc) is 2.59. The number of ether oxygens (including phenoxy) is 2. The smallest absolute Gasteiger partial charge is 0.272 e. The van der Waals surface area contributed by atoms with Crippen molar-refractivity contribution in [1.29, 1.82) is 0 Å². The maximum absolute atomic E-state index is 12.7. The van der Waals surface area contributed by atoms with Crippen molar-refractivity contribution in [2.24, 2.45) is 0 Å². The molecule has 0 aliphatic heterocycles. The van der Waals surface area contributed by atoms with E-state index < -0.39 is 5.78 Å². The van der Waals surface area contributed by atoms with Gasteiger partial charge in [-0.25, -0.2) is 0 Å². The zero-order valence-corrected chi connectivity index (χ0v) is 13.2. The summed E-state index contributed by atoms with van der Waals surface area (Å²) in [5, 5.41) is 0. The molecule has 0 N–H and O–H groups in total. The van der Waals surface area contributed by atoms with E-state index in [0.29, 0.717) is 0 Å². The van der Waals surface area contributed by atoms with Crippen LogP contribution >= 0.6 is 0 Å². The molecule has 0 saturated heterocycles. The van der Waals surface area contributed by atoms with Gasteiger partial charge < -0.3 is 14.4 Å². The van der Waals surface area contributed by atoms with Crippen LogP contribution in [0.4, 0.5) is 0 Å². The number of aromatic nitrogens is 3. The largest absolute Gasteiger partial charge is 0.481 e. The number of hydrogen-bond acceptors (Lipinski definition) is 7. The summed E-state index contributed by atoms with van der Waals surface area (Å²) >= 11 is 0. The summed E-state index contributed by atoms with van der Waals surface area (Å²) in [5.41, 5.74) is 0.148. The summed E-state index contributed by atoms with van der Waals surface area (Å²) in [7, 11) is 5.99. The lowest BCUT2D eigenvalue weighted by atomic mass is 10.1. The first kappa shape index (κ1) is 16.3. The molecule has 2 rings (SSSR count). The molecule has 0 aliphatic rings. The highest BCUT2D eigenvalue weighted by atomic mass is 16.5. The summed E-state index contributed by atoms with van der Waals surface area (Å²) in [6, 6.07) is 4.52. The Bertz CT molecular complexity index is 724. The highest BCUT2D eigenvalue weighted by Crippen LogP contribution is 2.18. The highest BCUT2D eigenvalue weighted by molar-refractivity contribution is 6.12. The molecule has 0 fully saturated rings. The van der Waals surface area contributed by atoms with Gasteiger partial charge in [0.05, 0.1) is 25.8 Å². The molecule has 1 amide bonds. The molecule has 2 aromatic rings. The molecule has 0 saturated carbocycles. The van der Waals surface area contributed by atoms with Crippen LogP contribution in [-0.4, -0.2) is 59.9 Å². The van der Waals surface area contributed by atoms with E-state index in [0.717, 1.165) is 0 Å². The van der Waals surface area contributed by atoms with E-state index in [1.54, 1.807) is 20.2 Å². The van der Waals surface area contributed by atoms with E-state index in [2.05, 4.69) is 15.0 Å². The Morgan fingerprint density at radius 2 is 1.70 bits per heavy atom. The molecule has 2 heterocycles. The van der Waals surface area contributed by atoms with E-state index in [1.807, 2.05) is 0 Å². The highest BCUT2D eigenvalue weighted by Gasteiger charge is 2.23. The van der Waals surface area contributed by atoms with Crippen LogP contribution in [0, 0.1) is 0 Å². The van der Waals surface area contributed by atoms with Crippen LogP contribution in [0.3, 0.4) is 0 Å². The van der Waals surface area contributed by atoms with E-state index >= 15 is 0 Å². The standard InChI is InChI=1S/C15H16N4O4/c1-19(2)15(21)12-9(6-5-7-16-12)13(20)14-17-10(22-3)8-11(18-14)23-4/h5-8H,1-4H3. The van der Waals surface area contributed by atoms with Gasteiger partial charge in [-0.15, -0.1) is 0 Å². The molecule has 8 heteroatoms. The molecule has 0 aromatic carbocycles. The van der Waals surface area contributed by atoms with Gasteiger partial charge in [0.2, 0.25) is 23.4 Å². The van der Waals surface area contributed by atoms with Crippen molar-refractivity contribution >= 4 is 11.7 Å². The Balaban J connectivity index is 2.52. The zero-order chi connectivity index (χ0) is 17.0. The van der Waals surface area contributed by atoms with Gasteiger partial charge in [-0.1, -0.05) is 0 Å². The second-order valence-corrected chi connectivity index (χ2v) is 4.70. The number of methoxy groups -OCH3 is 2. The lowest BCUT2D eigenvalue weighted by molar-refractivity contribution is 0.0816. The van der Waals surface area contributed by atoms with Gasteiger partial charge >= 0.3 is 0 Å². The van der Waals surface area contributed by atoms with Crippen molar-refractivity contribution in [2.45, 2.75) is 0 Å². The first-order chi connectivity index (χ1) is 11.0. The second-order valence-electron chi connectivity index (χ2n) is 4.70. The monoisotopic (exact) mass is 316 g/mol. The van der Waals surface area contributed by atoms with Crippen molar-refractivity contribution in [2.75, 3.05) is 28.3 Å². The Kier molecular flexibility index (Phi) is 4.85. The van der Waals surface area contributed by atoms with Crippen LogP contribution in [0.15, 0.2) is 24.4 Å². The number of ketones is 1. The molecular formula is C15H16N4O4. The van der Waals surface area contributed by atoms with Crippen LogP contribution in [0.1, 0.15) is 26.7 Å². The molecule has 0 aliphatic carbocycles. The Hall–Kier alpha value is -3.03. The minimum absolute atomic E-state index is 0.0351. The predicted molar refractivity (Wildman–Crippen MR) is 80.8 cm³/mol. The average molecular weight is 316 g/mol. The zero-order valence-electron chi connectivity index (χ0n) is 13.2. The molecular weight excluding hydrogens is 300 g/mol. The lowest BCUT2D eigenvalue weighted by Gasteiger charge is -2.12. The first-order valence-corrected chi connectivity index (χ1v) is 6.66. The lowest BCUT2D eigenvalue weighted by Crippen LogP contribution is -2.25. The number of nitrogens with zero attached hydrogens (tertiary/aromatic N) is 4. The van der Waals surface area contributed by atoms with Crippen molar-refractivity contribution in [1.82, 2.24) is 19.9 Å². The van der Waals surface area contributed by atoms with Crippen LogP contribution in [0.25, 0.3) is 0 Å². The third kappa shape index (κ3) is 3.42. The van der Waals surface area contributed by atoms with Gasteiger partial charge in [0.25, 0.3) is 5.91 Å². The summed E-state index contributed by atoms with van der Waals surface area (Å²) in [6.45, 7) is 0. The van der Waals surface area contributed by atoms with Crippen molar-refractivity contribution < 1.29 is 19.1 Å². The Morgan fingerprint density at radius 1 is 1.09 bits per heavy atom. The van der Waals surface area contributed by atoms with Crippen LogP contribution in [0.5, 0.6) is 11.8 Å². The summed E-state index contributed by atoms with van der Waals surface area (Å²) in [4.78, 5) is 38.2. The number of carbonyl (C=O) groups is 2. The molecule has 120 valence electrons. The van der Waals surface area contributed by atoms with Gasteiger partial charge in [0.15, 0.2) is 0 Å². The molecule has 0 radical (unpaired) electrons. The van der Waals surface area contributed by atoms with Gasteiger partial charge in [-0.3, -0.25) is 14.6 Å². The van der Waals surface area contributed by atoms with Gasteiger partial charge in [-0.05, 0) is 12.1 Å². The normalized spacial score (nSPS) is 10.1. The summed E-state index contributed by atoms with van der Waals surface area (Å²) in [6.07, 6.45) is 1.44. The van der Waals surface area contributed by atoms with E-state index in [4.69, 9.17) is 9.47 Å². The minimum Gasteiger partial charge on any atom is -0.481 e. The van der Waals surface area contributed by atoms with E-state index in [9.17, 15) is 9.59 Å². The second kappa shape index (κ2) is 6.82. The third-order valence-electron chi connectivity index (χ3n) is 2.96. The fourth-order valence-corrected chi connectivity index (χ4v) is 1.81. The molecule has 2 aromatic heterocycles. The fourth-order valence-electron chi connectivity index (χ4n) is 1.81.